The number of aromatic nitrogens is 2. The Labute approximate surface area is 163 Å². The summed E-state index contributed by atoms with van der Waals surface area (Å²) in [5.41, 5.74) is 3.28. The van der Waals surface area contributed by atoms with Gasteiger partial charge in [0.25, 0.3) is 0 Å². The van der Waals surface area contributed by atoms with Gasteiger partial charge in [-0.15, -0.1) is 0 Å². The fraction of sp³-hybridized carbons (Fsp3) is 0.708. The highest BCUT2D eigenvalue weighted by molar-refractivity contribution is 5.57. The van der Waals surface area contributed by atoms with Gasteiger partial charge in [-0.05, 0) is 68.6 Å². The van der Waals surface area contributed by atoms with Gasteiger partial charge in [0.2, 0.25) is 0 Å². The molecule has 0 amide bonds. The highest BCUT2D eigenvalue weighted by Crippen LogP contribution is 2.67. The van der Waals surface area contributed by atoms with E-state index in [1.807, 2.05) is 12.5 Å². The van der Waals surface area contributed by atoms with Crippen LogP contribution in [0.2, 0.25) is 0 Å². The van der Waals surface area contributed by atoms with Gasteiger partial charge in [0, 0.05) is 28.9 Å². The Bertz CT molecular complexity index is 778. The molecule has 1 N–H and O–H groups in total. The molecule has 2 unspecified atom stereocenters. The second-order valence-electron chi connectivity index (χ2n) is 10.00. The summed E-state index contributed by atoms with van der Waals surface area (Å²) in [6, 6.07) is 0. The van der Waals surface area contributed by atoms with Gasteiger partial charge in [-0.3, -0.25) is 0 Å². The van der Waals surface area contributed by atoms with E-state index >= 15 is 0 Å². The third-order valence-electron chi connectivity index (χ3n) is 9.11. The smallest absolute Gasteiger partial charge is 0.0989 e. The minimum Gasteiger partial charge on any atom is -0.392 e. The molecule has 0 aromatic carbocycles. The maximum atomic E-state index is 11.1. The summed E-state index contributed by atoms with van der Waals surface area (Å²) >= 11 is 0. The third kappa shape index (κ3) is 2.27. The Hall–Kier alpha value is -1.35. The molecule has 1 heterocycles. The maximum absolute atomic E-state index is 11.1. The van der Waals surface area contributed by atoms with E-state index in [1.54, 1.807) is 5.57 Å². The number of aliphatic hydroxyl groups excluding tert-OH is 1. The zero-order valence-corrected chi connectivity index (χ0v) is 17.1. The Morgan fingerprint density at radius 1 is 1.26 bits per heavy atom. The Morgan fingerprint density at radius 2 is 2.11 bits per heavy atom. The minimum absolute atomic E-state index is 0.00761. The summed E-state index contributed by atoms with van der Waals surface area (Å²) in [4.78, 5) is 4.30. The number of allylic oxidation sites excluding steroid dienone is 3. The van der Waals surface area contributed by atoms with Crippen molar-refractivity contribution in [3.8, 4) is 0 Å². The van der Waals surface area contributed by atoms with Gasteiger partial charge >= 0.3 is 0 Å². The highest BCUT2D eigenvalue weighted by atomic mass is 16.3. The van der Waals surface area contributed by atoms with Crippen LogP contribution in [0.15, 0.2) is 36.4 Å². The molecular formula is C24H34N2O. The number of nitrogens with zero attached hydrogens (tertiary/aromatic N) is 2. The Balaban J connectivity index is 1.56. The van der Waals surface area contributed by atoms with Crippen molar-refractivity contribution in [1.82, 2.24) is 9.55 Å². The van der Waals surface area contributed by atoms with Gasteiger partial charge < -0.3 is 9.67 Å². The van der Waals surface area contributed by atoms with E-state index in [2.05, 4.69) is 48.7 Å². The van der Waals surface area contributed by atoms with Crippen LogP contribution in [-0.2, 0) is 0 Å². The maximum Gasteiger partial charge on any atom is 0.0989 e. The predicted octanol–water partition coefficient (Wildman–Crippen LogP) is 5.29. The first-order valence-electron chi connectivity index (χ1n) is 11.1. The number of fused-ring (bicyclic) bond motifs is 5. The lowest BCUT2D eigenvalue weighted by molar-refractivity contribution is -0.0905. The van der Waals surface area contributed by atoms with Crippen LogP contribution in [0.3, 0.4) is 0 Å². The summed E-state index contributed by atoms with van der Waals surface area (Å²) in [7, 11) is 0. The topological polar surface area (TPSA) is 38.0 Å². The molecule has 4 aliphatic carbocycles. The normalized spacial score (nSPS) is 46.1. The van der Waals surface area contributed by atoms with E-state index in [0.29, 0.717) is 23.7 Å². The van der Waals surface area contributed by atoms with Gasteiger partial charge in [0.15, 0.2) is 0 Å². The lowest BCUT2D eigenvalue weighted by atomic mass is 9.45. The SMILES string of the molecule is CCC1C=C2CCCC(O)[C@]2(C)[C@H]2CC[C@]3(C)C(n4ccnc4)=CC[C@H]3[C@H]12. The van der Waals surface area contributed by atoms with Crippen LogP contribution in [0.25, 0.3) is 5.70 Å². The number of hydrogen-bond acceptors (Lipinski definition) is 2. The van der Waals surface area contributed by atoms with E-state index in [1.165, 1.54) is 37.8 Å². The molecule has 0 aliphatic heterocycles. The second kappa shape index (κ2) is 6.07. The molecule has 27 heavy (non-hydrogen) atoms. The highest BCUT2D eigenvalue weighted by Gasteiger charge is 2.60. The molecule has 7 atom stereocenters. The van der Waals surface area contributed by atoms with E-state index in [0.717, 1.165) is 12.8 Å². The first kappa shape index (κ1) is 17.7. The molecule has 0 spiro atoms. The fourth-order valence-corrected chi connectivity index (χ4v) is 7.62. The van der Waals surface area contributed by atoms with Crippen molar-refractivity contribution in [2.75, 3.05) is 0 Å². The number of aliphatic hydroxyl groups is 1. The van der Waals surface area contributed by atoms with Crippen LogP contribution in [-0.4, -0.2) is 20.8 Å². The average molecular weight is 367 g/mol. The molecule has 1 aromatic heterocycles. The summed E-state index contributed by atoms with van der Waals surface area (Å²) in [5.74, 6) is 2.67. The molecule has 146 valence electrons. The van der Waals surface area contributed by atoms with Crippen LogP contribution >= 0.6 is 0 Å². The molecule has 2 fully saturated rings. The largest absolute Gasteiger partial charge is 0.392 e. The van der Waals surface area contributed by atoms with E-state index in [-0.39, 0.29) is 16.9 Å². The van der Waals surface area contributed by atoms with Crippen molar-refractivity contribution in [1.29, 1.82) is 0 Å². The van der Waals surface area contributed by atoms with E-state index in [9.17, 15) is 5.11 Å². The van der Waals surface area contributed by atoms with Crippen molar-refractivity contribution in [2.24, 2.45) is 34.5 Å². The molecular weight excluding hydrogens is 332 g/mol. The van der Waals surface area contributed by atoms with Gasteiger partial charge in [-0.25, -0.2) is 4.98 Å². The molecule has 0 saturated heterocycles. The Kier molecular flexibility index (Phi) is 3.99. The van der Waals surface area contributed by atoms with Crippen LogP contribution in [0, 0.1) is 34.5 Å². The molecule has 1 aromatic rings. The van der Waals surface area contributed by atoms with Crippen LogP contribution in [0.4, 0.5) is 0 Å². The molecule has 4 aliphatic rings. The van der Waals surface area contributed by atoms with E-state index < -0.39 is 0 Å². The minimum atomic E-state index is -0.158. The van der Waals surface area contributed by atoms with Gasteiger partial charge in [-0.2, -0.15) is 0 Å². The summed E-state index contributed by atoms with van der Waals surface area (Å²) < 4.78 is 2.25. The number of imidazole rings is 1. The van der Waals surface area contributed by atoms with Crippen molar-refractivity contribution >= 4 is 5.70 Å². The third-order valence-corrected chi connectivity index (χ3v) is 9.11. The molecule has 3 heteroatoms. The second-order valence-corrected chi connectivity index (χ2v) is 10.00. The molecule has 2 saturated carbocycles. The monoisotopic (exact) mass is 366 g/mol. The van der Waals surface area contributed by atoms with Crippen molar-refractivity contribution in [3.63, 3.8) is 0 Å². The molecule has 3 nitrogen and oxygen atoms in total. The first-order valence-corrected chi connectivity index (χ1v) is 11.1. The van der Waals surface area contributed by atoms with Gasteiger partial charge in [-0.1, -0.05) is 38.5 Å². The fourth-order valence-electron chi connectivity index (χ4n) is 7.62. The standard InChI is InChI=1S/C24H34N2O/c1-4-16-14-17-6-5-7-21(27)24(17,3)19-10-11-23(2)18(22(16)19)8-9-20(23)26-13-12-25-15-26/h9,12-16,18-19,21-22,27H,4-8,10-11H2,1-3H3/t16?,18-,19-,21?,22-,23-,24-/m0/s1. The Morgan fingerprint density at radius 3 is 2.85 bits per heavy atom. The number of rotatable bonds is 2. The van der Waals surface area contributed by atoms with Gasteiger partial charge in [0.05, 0.1) is 12.4 Å². The lowest BCUT2D eigenvalue weighted by Gasteiger charge is -2.60. The quantitative estimate of drug-likeness (QED) is 0.722. The van der Waals surface area contributed by atoms with Gasteiger partial charge in [0.1, 0.15) is 0 Å². The summed E-state index contributed by atoms with van der Waals surface area (Å²) in [6.07, 6.45) is 19.1. The average Bonchev–Trinajstić information content (AvgIpc) is 3.29. The molecule has 5 rings (SSSR count). The molecule has 0 radical (unpaired) electrons. The lowest BCUT2D eigenvalue weighted by Crippen LogP contribution is -2.56. The van der Waals surface area contributed by atoms with Crippen LogP contribution in [0.5, 0.6) is 0 Å². The van der Waals surface area contributed by atoms with Crippen LogP contribution < -0.4 is 0 Å². The van der Waals surface area contributed by atoms with E-state index in [4.69, 9.17) is 0 Å². The first-order chi connectivity index (χ1) is 13.0. The van der Waals surface area contributed by atoms with Crippen LogP contribution in [0.1, 0.15) is 65.7 Å². The van der Waals surface area contributed by atoms with Crippen molar-refractivity contribution in [2.45, 2.75) is 71.8 Å². The zero-order chi connectivity index (χ0) is 18.8. The predicted molar refractivity (Wildman–Crippen MR) is 109 cm³/mol. The zero-order valence-electron chi connectivity index (χ0n) is 17.1. The summed E-state index contributed by atoms with van der Waals surface area (Å²) in [6.45, 7) is 7.26. The van der Waals surface area contributed by atoms with Crippen molar-refractivity contribution in [3.05, 3.63) is 36.4 Å². The molecule has 0 bridgehead atoms. The summed E-state index contributed by atoms with van der Waals surface area (Å²) in [5, 5.41) is 11.1. The number of hydrogen-bond donors (Lipinski definition) is 1. The van der Waals surface area contributed by atoms with Crippen molar-refractivity contribution < 1.29 is 5.11 Å².